The summed E-state index contributed by atoms with van der Waals surface area (Å²) in [5.41, 5.74) is 1.97. The summed E-state index contributed by atoms with van der Waals surface area (Å²) < 4.78 is 10.7. The predicted octanol–water partition coefficient (Wildman–Crippen LogP) is 2.89. The van der Waals surface area contributed by atoms with Gasteiger partial charge < -0.3 is 19.7 Å². The molecule has 1 atom stereocenters. The Morgan fingerprint density at radius 1 is 1.31 bits per heavy atom. The van der Waals surface area contributed by atoms with Crippen molar-refractivity contribution in [1.82, 2.24) is 10.2 Å². The van der Waals surface area contributed by atoms with Crippen LogP contribution in [0.2, 0.25) is 0 Å². The van der Waals surface area contributed by atoms with Gasteiger partial charge in [-0.15, -0.1) is 0 Å². The first-order chi connectivity index (χ1) is 13.9. The number of carbonyl (C=O) groups excluding carboxylic acids is 1. The fourth-order valence-corrected chi connectivity index (χ4v) is 3.13. The third-order valence-corrected chi connectivity index (χ3v) is 4.41. The third-order valence-electron chi connectivity index (χ3n) is 4.41. The smallest absolute Gasteiger partial charge is 0.270 e. The molecule has 1 N–H and O–H groups in total. The standard InChI is InChI=1S/C21H23N3O5/c1-23(2)12-19(15-6-4-3-5-7-15)22-20(25)9-8-16-10-18(24(26)27)11-17-13-28-14-29-21(16)17/h3-11,19H,12-14H2,1-2H3,(H,22,25)/b9-8+/t19-/m1/s1. The number of carbonyl (C=O) groups is 1. The van der Waals surface area contributed by atoms with E-state index in [0.717, 1.165) is 5.56 Å². The van der Waals surface area contributed by atoms with E-state index < -0.39 is 4.92 Å². The van der Waals surface area contributed by atoms with Crippen LogP contribution >= 0.6 is 0 Å². The molecule has 29 heavy (non-hydrogen) atoms. The molecule has 1 aliphatic rings. The van der Waals surface area contributed by atoms with Crippen molar-refractivity contribution >= 4 is 17.7 Å². The Morgan fingerprint density at radius 2 is 2.07 bits per heavy atom. The van der Waals surface area contributed by atoms with Gasteiger partial charge in [-0.05, 0) is 25.7 Å². The van der Waals surface area contributed by atoms with Crippen LogP contribution < -0.4 is 10.1 Å². The Balaban J connectivity index is 1.80. The highest BCUT2D eigenvalue weighted by Crippen LogP contribution is 2.33. The number of nitro benzene ring substituents is 1. The maximum Gasteiger partial charge on any atom is 0.270 e. The highest BCUT2D eigenvalue weighted by molar-refractivity contribution is 5.92. The Labute approximate surface area is 168 Å². The number of ether oxygens (including phenoxy) is 2. The number of nitrogens with zero attached hydrogens (tertiary/aromatic N) is 2. The van der Waals surface area contributed by atoms with E-state index in [1.165, 1.54) is 24.3 Å². The lowest BCUT2D eigenvalue weighted by molar-refractivity contribution is -0.385. The highest BCUT2D eigenvalue weighted by atomic mass is 16.7. The first-order valence-electron chi connectivity index (χ1n) is 9.14. The van der Waals surface area contributed by atoms with Crippen molar-refractivity contribution in [2.24, 2.45) is 0 Å². The summed E-state index contributed by atoms with van der Waals surface area (Å²) >= 11 is 0. The number of fused-ring (bicyclic) bond motifs is 1. The van der Waals surface area contributed by atoms with Gasteiger partial charge in [0, 0.05) is 35.9 Å². The molecular formula is C21H23N3O5. The molecule has 1 amide bonds. The second-order valence-electron chi connectivity index (χ2n) is 6.96. The van der Waals surface area contributed by atoms with Crippen LogP contribution in [0.5, 0.6) is 5.75 Å². The first kappa shape index (κ1) is 20.5. The summed E-state index contributed by atoms with van der Waals surface area (Å²) in [6, 6.07) is 12.3. The van der Waals surface area contributed by atoms with Crippen LogP contribution in [0.15, 0.2) is 48.5 Å². The molecule has 0 aromatic heterocycles. The summed E-state index contributed by atoms with van der Waals surface area (Å²) in [6.07, 6.45) is 2.90. The second kappa shape index (κ2) is 9.31. The van der Waals surface area contributed by atoms with E-state index in [1.54, 1.807) is 0 Å². The number of hydrogen-bond acceptors (Lipinski definition) is 6. The van der Waals surface area contributed by atoms with E-state index >= 15 is 0 Å². The van der Waals surface area contributed by atoms with Crippen molar-refractivity contribution < 1.29 is 19.2 Å². The molecule has 3 rings (SSSR count). The molecule has 2 aromatic rings. The molecule has 0 radical (unpaired) electrons. The molecule has 8 heteroatoms. The van der Waals surface area contributed by atoms with Gasteiger partial charge in [0.15, 0.2) is 6.79 Å². The summed E-state index contributed by atoms with van der Waals surface area (Å²) in [6.45, 7) is 0.927. The number of amides is 1. The van der Waals surface area contributed by atoms with Crippen molar-refractivity contribution in [1.29, 1.82) is 0 Å². The van der Waals surface area contributed by atoms with Crippen molar-refractivity contribution in [3.8, 4) is 5.75 Å². The molecule has 1 heterocycles. The lowest BCUT2D eigenvalue weighted by Gasteiger charge is -2.22. The molecule has 0 bridgehead atoms. The maximum absolute atomic E-state index is 12.6. The van der Waals surface area contributed by atoms with Gasteiger partial charge in [0.05, 0.1) is 17.6 Å². The molecule has 0 saturated heterocycles. The molecule has 152 valence electrons. The van der Waals surface area contributed by atoms with Gasteiger partial charge in [-0.3, -0.25) is 14.9 Å². The lowest BCUT2D eigenvalue weighted by atomic mass is 10.1. The van der Waals surface area contributed by atoms with Crippen LogP contribution in [0.4, 0.5) is 5.69 Å². The van der Waals surface area contributed by atoms with Crippen LogP contribution in [-0.4, -0.2) is 43.2 Å². The molecule has 2 aromatic carbocycles. The van der Waals surface area contributed by atoms with Crippen molar-refractivity contribution in [2.45, 2.75) is 12.6 Å². The summed E-state index contributed by atoms with van der Waals surface area (Å²) in [5, 5.41) is 14.2. The van der Waals surface area contributed by atoms with Crippen LogP contribution in [0.3, 0.4) is 0 Å². The Morgan fingerprint density at radius 3 is 2.76 bits per heavy atom. The normalized spacial score (nSPS) is 14.3. The number of rotatable bonds is 7. The van der Waals surface area contributed by atoms with Crippen molar-refractivity contribution in [3.05, 3.63) is 75.3 Å². The Kier molecular flexibility index (Phi) is 6.58. The largest absolute Gasteiger partial charge is 0.467 e. The maximum atomic E-state index is 12.6. The second-order valence-corrected chi connectivity index (χ2v) is 6.96. The van der Waals surface area contributed by atoms with Crippen LogP contribution in [0.25, 0.3) is 6.08 Å². The summed E-state index contributed by atoms with van der Waals surface area (Å²) in [4.78, 5) is 25.3. The van der Waals surface area contributed by atoms with E-state index in [9.17, 15) is 14.9 Å². The molecule has 0 spiro atoms. The summed E-state index contributed by atoms with van der Waals surface area (Å²) in [7, 11) is 3.87. The molecule has 0 saturated carbocycles. The molecule has 0 unspecified atom stereocenters. The Hall–Kier alpha value is -3.23. The average Bonchev–Trinajstić information content (AvgIpc) is 2.71. The van der Waals surface area contributed by atoms with Gasteiger partial charge in [-0.25, -0.2) is 0 Å². The van der Waals surface area contributed by atoms with Crippen molar-refractivity contribution in [3.63, 3.8) is 0 Å². The topological polar surface area (TPSA) is 93.9 Å². The number of nitro groups is 1. The molecule has 0 aliphatic carbocycles. The lowest BCUT2D eigenvalue weighted by Crippen LogP contribution is -2.34. The molecule has 1 aliphatic heterocycles. The van der Waals surface area contributed by atoms with Crippen molar-refractivity contribution in [2.75, 3.05) is 27.4 Å². The van der Waals surface area contributed by atoms with Gasteiger partial charge in [-0.1, -0.05) is 30.3 Å². The van der Waals surface area contributed by atoms with Gasteiger partial charge in [0.2, 0.25) is 5.91 Å². The van der Waals surface area contributed by atoms with Crippen LogP contribution in [0, 0.1) is 10.1 Å². The van der Waals surface area contributed by atoms with E-state index in [-0.39, 0.29) is 31.0 Å². The molecular weight excluding hydrogens is 374 g/mol. The zero-order chi connectivity index (χ0) is 20.8. The highest BCUT2D eigenvalue weighted by Gasteiger charge is 2.20. The van der Waals surface area contributed by atoms with Gasteiger partial charge in [-0.2, -0.15) is 0 Å². The number of likely N-dealkylation sites (N-methyl/N-ethyl adjacent to an activating group) is 1. The quantitative estimate of drug-likeness (QED) is 0.439. The van der Waals surface area contributed by atoms with Gasteiger partial charge in [0.25, 0.3) is 5.69 Å². The minimum atomic E-state index is -0.477. The zero-order valence-corrected chi connectivity index (χ0v) is 16.3. The van der Waals surface area contributed by atoms with Gasteiger partial charge >= 0.3 is 0 Å². The third kappa shape index (κ3) is 5.40. The fourth-order valence-electron chi connectivity index (χ4n) is 3.13. The number of non-ortho nitro benzene ring substituents is 1. The predicted molar refractivity (Wildman–Crippen MR) is 108 cm³/mol. The van der Waals surface area contributed by atoms with E-state index in [2.05, 4.69) is 5.32 Å². The van der Waals surface area contributed by atoms with Crippen LogP contribution in [-0.2, 0) is 16.1 Å². The summed E-state index contributed by atoms with van der Waals surface area (Å²) in [5.74, 6) is 0.201. The number of nitrogens with one attached hydrogen (secondary N) is 1. The Bertz CT molecular complexity index is 912. The number of hydrogen-bond donors (Lipinski definition) is 1. The van der Waals surface area contributed by atoms with Crippen LogP contribution in [0.1, 0.15) is 22.7 Å². The SMILES string of the molecule is CN(C)C[C@@H](NC(=O)/C=C/c1cc([N+](=O)[O-])cc2c1OCOC2)c1ccccc1. The van der Waals surface area contributed by atoms with E-state index in [1.807, 2.05) is 49.3 Å². The number of benzene rings is 2. The van der Waals surface area contributed by atoms with E-state index in [4.69, 9.17) is 9.47 Å². The zero-order valence-electron chi connectivity index (χ0n) is 16.3. The molecule has 0 fully saturated rings. The van der Waals surface area contributed by atoms with Gasteiger partial charge in [0.1, 0.15) is 5.75 Å². The minimum Gasteiger partial charge on any atom is -0.467 e. The molecule has 8 nitrogen and oxygen atoms in total. The fraction of sp³-hybridized carbons (Fsp3) is 0.286. The average molecular weight is 397 g/mol. The monoisotopic (exact) mass is 397 g/mol. The van der Waals surface area contributed by atoms with E-state index in [0.29, 0.717) is 23.4 Å². The first-order valence-corrected chi connectivity index (χ1v) is 9.14. The minimum absolute atomic E-state index is 0.0662.